The van der Waals surface area contributed by atoms with Crippen LogP contribution in [-0.4, -0.2) is 15.2 Å². The smallest absolute Gasteiger partial charge is 0.392 e. The molecule has 0 saturated carbocycles. The van der Waals surface area contributed by atoms with Gasteiger partial charge in [0.25, 0.3) is 0 Å². The Morgan fingerprint density at radius 3 is 1.57 bits per heavy atom. The highest BCUT2D eigenvalue weighted by Gasteiger charge is 2.26. The van der Waals surface area contributed by atoms with Gasteiger partial charge in [-0.2, -0.15) is 5.26 Å². The largest absolute Gasteiger partial charge is 0.520 e. The lowest BCUT2D eigenvalue weighted by Crippen LogP contribution is -2.38. The Kier molecular flexibility index (Phi) is 15.5. The summed E-state index contributed by atoms with van der Waals surface area (Å²) in [6.45, 7) is 7.23. The van der Waals surface area contributed by atoms with Crippen LogP contribution in [0.15, 0.2) is 24.3 Å². The van der Waals surface area contributed by atoms with Crippen molar-refractivity contribution in [2.75, 3.05) is 6.61 Å². The molecule has 0 heterocycles. The Morgan fingerprint density at radius 1 is 0.700 bits per heavy atom. The number of nitriles is 1. The molecule has 0 unspecified atom stereocenters. The van der Waals surface area contributed by atoms with Crippen LogP contribution in [0.5, 0.6) is 5.75 Å². The van der Waals surface area contributed by atoms with E-state index >= 15 is 0 Å². The van der Waals surface area contributed by atoms with Crippen molar-refractivity contribution in [1.29, 1.82) is 5.26 Å². The van der Waals surface area contributed by atoms with Crippen LogP contribution in [-0.2, 0) is 4.43 Å². The lowest BCUT2D eigenvalue weighted by atomic mass is 10.0. The number of nitrogens with zero attached hydrogens (tertiary/aromatic N) is 1. The molecule has 170 valence electrons. The maximum Gasteiger partial charge on any atom is 0.392 e. The Balaban J connectivity index is 1.90. The van der Waals surface area contributed by atoms with Crippen molar-refractivity contribution in [3.63, 3.8) is 0 Å². The molecule has 1 aromatic carbocycles. The van der Waals surface area contributed by atoms with E-state index in [1.54, 1.807) is 12.1 Å². The molecule has 0 spiro atoms. The third-order valence-corrected chi connectivity index (χ3v) is 7.17. The van der Waals surface area contributed by atoms with Gasteiger partial charge < -0.3 is 8.85 Å². The predicted molar refractivity (Wildman–Crippen MR) is 130 cm³/mol. The van der Waals surface area contributed by atoms with Crippen molar-refractivity contribution in [3.05, 3.63) is 29.8 Å². The fourth-order valence-electron chi connectivity index (χ4n) is 3.70. The summed E-state index contributed by atoms with van der Waals surface area (Å²) in [5.74, 6) is 0.794. The van der Waals surface area contributed by atoms with E-state index in [1.165, 1.54) is 89.9 Å². The number of benzene rings is 1. The molecule has 0 aromatic heterocycles. The van der Waals surface area contributed by atoms with Gasteiger partial charge in [0.05, 0.1) is 11.6 Å². The molecule has 0 aliphatic carbocycles. The van der Waals surface area contributed by atoms with Crippen LogP contribution in [0, 0.1) is 11.3 Å². The van der Waals surface area contributed by atoms with Crippen LogP contribution >= 0.6 is 0 Å². The molecule has 0 radical (unpaired) electrons. The lowest BCUT2D eigenvalue weighted by molar-refractivity contribution is 0.240. The first-order valence-electron chi connectivity index (χ1n) is 12.4. The van der Waals surface area contributed by atoms with E-state index < -0.39 is 8.56 Å². The molecular formula is C26H45NO2Si. The van der Waals surface area contributed by atoms with Gasteiger partial charge in [-0.1, -0.05) is 96.8 Å². The molecular weight excluding hydrogens is 386 g/mol. The highest BCUT2D eigenvalue weighted by atomic mass is 28.4. The Labute approximate surface area is 187 Å². The zero-order chi connectivity index (χ0) is 21.9. The minimum absolute atomic E-state index is 0.653. The second kappa shape index (κ2) is 17.4. The van der Waals surface area contributed by atoms with Crippen molar-refractivity contribution in [3.8, 4) is 11.8 Å². The Bertz CT molecular complexity index is 565. The van der Waals surface area contributed by atoms with Crippen LogP contribution in [0.3, 0.4) is 0 Å². The van der Waals surface area contributed by atoms with E-state index in [-0.39, 0.29) is 0 Å². The second-order valence-electron chi connectivity index (χ2n) is 8.94. The third kappa shape index (κ3) is 14.6. The molecule has 3 nitrogen and oxygen atoms in total. The first-order valence-corrected chi connectivity index (χ1v) is 15.2. The number of rotatable bonds is 19. The van der Waals surface area contributed by atoms with Gasteiger partial charge in [-0.05, 0) is 43.8 Å². The molecule has 1 aromatic rings. The van der Waals surface area contributed by atoms with E-state index in [0.29, 0.717) is 5.56 Å². The predicted octanol–water partition coefficient (Wildman–Crippen LogP) is 8.53. The molecule has 0 atom stereocenters. The average molecular weight is 432 g/mol. The molecule has 4 heteroatoms. The molecule has 0 bridgehead atoms. The van der Waals surface area contributed by atoms with Crippen molar-refractivity contribution >= 4 is 8.56 Å². The lowest BCUT2D eigenvalue weighted by Gasteiger charge is -2.23. The summed E-state index contributed by atoms with van der Waals surface area (Å²) in [5, 5.41) is 8.86. The quantitative estimate of drug-likeness (QED) is 0.163. The van der Waals surface area contributed by atoms with Crippen LogP contribution in [0.2, 0.25) is 13.1 Å². The summed E-state index contributed by atoms with van der Waals surface area (Å²) >= 11 is 0. The maximum atomic E-state index is 8.86. The molecule has 0 aliphatic rings. The molecule has 0 amide bonds. The van der Waals surface area contributed by atoms with E-state index in [4.69, 9.17) is 14.1 Å². The maximum absolute atomic E-state index is 8.86. The van der Waals surface area contributed by atoms with E-state index in [1.807, 2.05) is 12.1 Å². The highest BCUT2D eigenvalue weighted by Crippen LogP contribution is 2.18. The molecule has 0 aliphatic heterocycles. The second-order valence-corrected chi connectivity index (χ2v) is 12.2. The summed E-state index contributed by atoms with van der Waals surface area (Å²) in [6, 6.07) is 9.40. The minimum Gasteiger partial charge on any atom is -0.520 e. The summed E-state index contributed by atoms with van der Waals surface area (Å²) in [7, 11) is -2.16. The normalized spacial score (nSPS) is 11.4. The van der Waals surface area contributed by atoms with Gasteiger partial charge in [-0.15, -0.1) is 0 Å². The van der Waals surface area contributed by atoms with Gasteiger partial charge in [-0.3, -0.25) is 0 Å². The molecule has 0 N–H and O–H groups in total. The summed E-state index contributed by atoms with van der Waals surface area (Å²) < 4.78 is 12.1. The van der Waals surface area contributed by atoms with Gasteiger partial charge in [0, 0.05) is 6.61 Å². The minimum atomic E-state index is -2.16. The average Bonchev–Trinajstić information content (AvgIpc) is 2.73. The number of hydrogen-bond donors (Lipinski definition) is 0. The summed E-state index contributed by atoms with van der Waals surface area (Å²) in [4.78, 5) is 0. The molecule has 0 fully saturated rings. The molecule has 1 rings (SSSR count). The van der Waals surface area contributed by atoms with E-state index in [2.05, 4.69) is 26.1 Å². The van der Waals surface area contributed by atoms with Crippen LogP contribution in [0.4, 0.5) is 0 Å². The molecule has 30 heavy (non-hydrogen) atoms. The van der Waals surface area contributed by atoms with Gasteiger partial charge in [-0.25, -0.2) is 0 Å². The van der Waals surface area contributed by atoms with Gasteiger partial charge >= 0.3 is 8.56 Å². The van der Waals surface area contributed by atoms with Crippen molar-refractivity contribution in [2.24, 2.45) is 0 Å². The first kappa shape index (κ1) is 26.7. The zero-order valence-electron chi connectivity index (χ0n) is 19.9. The third-order valence-electron chi connectivity index (χ3n) is 5.54. The van der Waals surface area contributed by atoms with Crippen molar-refractivity contribution in [2.45, 2.75) is 116 Å². The van der Waals surface area contributed by atoms with E-state index in [0.717, 1.165) is 18.8 Å². The van der Waals surface area contributed by atoms with E-state index in [9.17, 15) is 0 Å². The van der Waals surface area contributed by atoms with Crippen molar-refractivity contribution in [1.82, 2.24) is 0 Å². The standard InChI is InChI=1S/C26H45NO2Si/c1-4-5-6-7-8-9-10-11-12-13-14-15-16-17-18-23-28-30(2,3)29-26-21-19-25(24-27)20-22-26/h19-22H,4-18,23H2,1-3H3. The Hall–Kier alpha value is -1.31. The number of unbranched alkanes of at least 4 members (excludes halogenated alkanes) is 14. The first-order chi connectivity index (χ1) is 14.6. The van der Waals surface area contributed by atoms with Gasteiger partial charge in [0.15, 0.2) is 0 Å². The van der Waals surface area contributed by atoms with Gasteiger partial charge in [0.1, 0.15) is 5.75 Å². The van der Waals surface area contributed by atoms with Crippen LogP contribution < -0.4 is 4.43 Å². The topological polar surface area (TPSA) is 42.2 Å². The summed E-state index contributed by atoms with van der Waals surface area (Å²) in [6.07, 6.45) is 20.7. The summed E-state index contributed by atoms with van der Waals surface area (Å²) in [5.41, 5.74) is 0.653. The Morgan fingerprint density at radius 2 is 1.13 bits per heavy atom. The zero-order valence-corrected chi connectivity index (χ0v) is 20.9. The SMILES string of the molecule is CCCCCCCCCCCCCCCCCO[Si](C)(C)Oc1ccc(C#N)cc1. The van der Waals surface area contributed by atoms with Gasteiger partial charge in [0.2, 0.25) is 0 Å². The monoisotopic (exact) mass is 431 g/mol. The van der Waals surface area contributed by atoms with Crippen LogP contribution in [0.25, 0.3) is 0 Å². The fraction of sp³-hybridized carbons (Fsp3) is 0.731. The molecule has 0 saturated heterocycles. The van der Waals surface area contributed by atoms with Crippen LogP contribution in [0.1, 0.15) is 109 Å². The van der Waals surface area contributed by atoms with Crippen molar-refractivity contribution < 1.29 is 8.85 Å². The fourth-order valence-corrected chi connectivity index (χ4v) is 5.10. The highest BCUT2D eigenvalue weighted by molar-refractivity contribution is 6.65. The number of hydrogen-bond acceptors (Lipinski definition) is 3.